The molecule has 0 radical (unpaired) electrons. The highest BCUT2D eigenvalue weighted by Crippen LogP contribution is 2.27. The molecule has 1 saturated carbocycles. The average molecular weight is 337 g/mol. The normalized spacial score (nSPS) is 19.9. The third kappa shape index (κ3) is 4.45. The molecule has 1 aliphatic carbocycles. The summed E-state index contributed by atoms with van der Waals surface area (Å²) >= 11 is 0. The highest BCUT2D eigenvalue weighted by Gasteiger charge is 2.25. The zero-order valence-electron chi connectivity index (χ0n) is 14.1. The molecule has 130 valence electrons. The van der Waals surface area contributed by atoms with E-state index in [9.17, 15) is 9.59 Å². The Labute approximate surface area is 147 Å². The standard InChI is InChI=1S/C20H23N3O2/c21-16-10-6-9-15(13-16)20(25)23-18-12-5-4-11-17(18)22-19(24)14-7-2-1-3-8-14/h1-5,7-8,11-12,15-16H,6,9-10,13,21H2,(H,22,24)(H,23,25). The molecule has 1 aliphatic rings. The van der Waals surface area contributed by atoms with E-state index in [4.69, 9.17) is 5.73 Å². The summed E-state index contributed by atoms with van der Waals surface area (Å²) in [5.41, 5.74) is 7.75. The predicted molar refractivity (Wildman–Crippen MR) is 99.4 cm³/mol. The fraction of sp³-hybridized carbons (Fsp3) is 0.300. The van der Waals surface area contributed by atoms with Gasteiger partial charge in [-0.1, -0.05) is 36.8 Å². The van der Waals surface area contributed by atoms with Gasteiger partial charge in [0.25, 0.3) is 5.91 Å². The van der Waals surface area contributed by atoms with Gasteiger partial charge in [0.1, 0.15) is 0 Å². The molecular weight excluding hydrogens is 314 g/mol. The Hall–Kier alpha value is -2.66. The second-order valence-electron chi connectivity index (χ2n) is 6.48. The second-order valence-corrected chi connectivity index (χ2v) is 6.48. The van der Waals surface area contributed by atoms with Crippen LogP contribution in [0.1, 0.15) is 36.0 Å². The summed E-state index contributed by atoms with van der Waals surface area (Å²) in [5, 5.41) is 5.81. The molecule has 2 atom stereocenters. The lowest BCUT2D eigenvalue weighted by molar-refractivity contribution is -0.120. The summed E-state index contributed by atoms with van der Waals surface area (Å²) < 4.78 is 0. The van der Waals surface area contributed by atoms with Crippen LogP contribution >= 0.6 is 0 Å². The molecule has 4 N–H and O–H groups in total. The van der Waals surface area contributed by atoms with Crippen molar-refractivity contribution in [3.8, 4) is 0 Å². The number of hydrogen-bond donors (Lipinski definition) is 3. The van der Waals surface area contributed by atoms with Crippen molar-refractivity contribution in [3.05, 3.63) is 60.2 Å². The van der Waals surface area contributed by atoms with Crippen molar-refractivity contribution in [1.82, 2.24) is 0 Å². The quantitative estimate of drug-likeness (QED) is 0.799. The van der Waals surface area contributed by atoms with Crippen molar-refractivity contribution in [2.45, 2.75) is 31.7 Å². The van der Waals surface area contributed by atoms with Crippen LogP contribution < -0.4 is 16.4 Å². The van der Waals surface area contributed by atoms with Crippen molar-refractivity contribution in [2.24, 2.45) is 11.7 Å². The number of amides is 2. The number of nitrogens with one attached hydrogen (secondary N) is 2. The van der Waals surface area contributed by atoms with Crippen molar-refractivity contribution in [3.63, 3.8) is 0 Å². The van der Waals surface area contributed by atoms with Gasteiger partial charge in [-0.05, 0) is 43.5 Å². The molecule has 1 fully saturated rings. The number of hydrogen-bond acceptors (Lipinski definition) is 3. The Morgan fingerprint density at radius 1 is 0.880 bits per heavy atom. The smallest absolute Gasteiger partial charge is 0.255 e. The molecule has 2 unspecified atom stereocenters. The second kappa shape index (κ2) is 7.94. The lowest BCUT2D eigenvalue weighted by Crippen LogP contribution is -2.34. The number of carbonyl (C=O) groups is 2. The van der Waals surface area contributed by atoms with E-state index in [0.29, 0.717) is 23.4 Å². The molecular formula is C20H23N3O2. The van der Waals surface area contributed by atoms with E-state index >= 15 is 0 Å². The summed E-state index contributed by atoms with van der Waals surface area (Å²) in [7, 11) is 0. The highest BCUT2D eigenvalue weighted by atomic mass is 16.2. The van der Waals surface area contributed by atoms with Gasteiger partial charge in [-0.25, -0.2) is 0 Å². The zero-order chi connectivity index (χ0) is 17.6. The van der Waals surface area contributed by atoms with Crippen LogP contribution in [0, 0.1) is 5.92 Å². The van der Waals surface area contributed by atoms with Crippen LogP contribution in [0.2, 0.25) is 0 Å². The van der Waals surface area contributed by atoms with Crippen molar-refractivity contribution in [1.29, 1.82) is 0 Å². The van der Waals surface area contributed by atoms with E-state index < -0.39 is 0 Å². The molecule has 25 heavy (non-hydrogen) atoms. The SMILES string of the molecule is NC1CCCC(C(=O)Nc2ccccc2NC(=O)c2ccccc2)C1. The molecule has 2 amide bonds. The first kappa shape index (κ1) is 17.2. The minimum absolute atomic E-state index is 0.0310. The monoisotopic (exact) mass is 337 g/mol. The minimum Gasteiger partial charge on any atom is -0.328 e. The van der Waals surface area contributed by atoms with Gasteiger partial charge in [0.15, 0.2) is 0 Å². The fourth-order valence-corrected chi connectivity index (χ4v) is 3.19. The van der Waals surface area contributed by atoms with Crippen molar-refractivity contribution in [2.75, 3.05) is 10.6 Å². The van der Waals surface area contributed by atoms with E-state index in [0.717, 1.165) is 19.3 Å². The van der Waals surface area contributed by atoms with Crippen LogP contribution in [-0.2, 0) is 4.79 Å². The number of nitrogens with two attached hydrogens (primary N) is 1. The third-order valence-electron chi connectivity index (χ3n) is 4.55. The summed E-state index contributed by atoms with van der Waals surface area (Å²) in [5.74, 6) is -0.305. The van der Waals surface area contributed by atoms with Gasteiger partial charge in [-0.3, -0.25) is 9.59 Å². The summed E-state index contributed by atoms with van der Waals surface area (Å²) in [6, 6.07) is 16.3. The molecule has 0 aromatic heterocycles. The largest absolute Gasteiger partial charge is 0.328 e. The Morgan fingerprint density at radius 3 is 2.20 bits per heavy atom. The first-order chi connectivity index (χ1) is 12.1. The van der Waals surface area contributed by atoms with Crippen LogP contribution in [0.4, 0.5) is 11.4 Å². The minimum atomic E-state index is -0.206. The molecule has 0 aliphatic heterocycles. The maximum Gasteiger partial charge on any atom is 0.255 e. The van der Waals surface area contributed by atoms with Gasteiger partial charge < -0.3 is 16.4 Å². The lowest BCUT2D eigenvalue weighted by atomic mass is 9.85. The molecule has 3 rings (SSSR count). The van der Waals surface area contributed by atoms with Gasteiger partial charge in [0, 0.05) is 17.5 Å². The fourth-order valence-electron chi connectivity index (χ4n) is 3.19. The van der Waals surface area contributed by atoms with Crippen LogP contribution in [0.25, 0.3) is 0 Å². The Morgan fingerprint density at radius 2 is 1.52 bits per heavy atom. The summed E-state index contributed by atoms with van der Waals surface area (Å²) in [6.45, 7) is 0. The van der Waals surface area contributed by atoms with Crippen molar-refractivity contribution >= 4 is 23.2 Å². The molecule has 2 aromatic rings. The maximum absolute atomic E-state index is 12.5. The van der Waals surface area contributed by atoms with Crippen LogP contribution in [0.15, 0.2) is 54.6 Å². The number of benzene rings is 2. The molecule has 5 heteroatoms. The Bertz CT molecular complexity index is 746. The van der Waals surface area contributed by atoms with Gasteiger partial charge >= 0.3 is 0 Å². The van der Waals surface area contributed by atoms with Crippen LogP contribution in [-0.4, -0.2) is 17.9 Å². The molecule has 2 aromatic carbocycles. The van der Waals surface area contributed by atoms with E-state index in [1.54, 1.807) is 24.3 Å². The first-order valence-electron chi connectivity index (χ1n) is 8.65. The number of para-hydroxylation sites is 2. The predicted octanol–water partition coefficient (Wildman–Crippen LogP) is 3.39. The number of anilines is 2. The van der Waals surface area contributed by atoms with E-state index in [1.165, 1.54) is 0 Å². The molecule has 0 bridgehead atoms. The highest BCUT2D eigenvalue weighted by molar-refractivity contribution is 6.07. The first-order valence-corrected chi connectivity index (χ1v) is 8.65. The number of rotatable bonds is 4. The van der Waals surface area contributed by atoms with Gasteiger partial charge in [0.05, 0.1) is 11.4 Å². The van der Waals surface area contributed by atoms with Gasteiger partial charge in [-0.15, -0.1) is 0 Å². The summed E-state index contributed by atoms with van der Waals surface area (Å²) in [6.07, 6.45) is 3.53. The molecule has 0 heterocycles. The molecule has 0 spiro atoms. The lowest BCUT2D eigenvalue weighted by Gasteiger charge is -2.26. The van der Waals surface area contributed by atoms with Gasteiger partial charge in [0.2, 0.25) is 5.91 Å². The average Bonchev–Trinajstić information content (AvgIpc) is 2.64. The molecule has 5 nitrogen and oxygen atoms in total. The summed E-state index contributed by atoms with van der Waals surface area (Å²) in [4.78, 5) is 24.9. The number of carbonyl (C=O) groups excluding carboxylic acids is 2. The van der Waals surface area contributed by atoms with E-state index in [-0.39, 0.29) is 23.8 Å². The molecule has 0 saturated heterocycles. The van der Waals surface area contributed by atoms with Crippen LogP contribution in [0.3, 0.4) is 0 Å². The van der Waals surface area contributed by atoms with Crippen LogP contribution in [0.5, 0.6) is 0 Å². The Balaban J connectivity index is 1.70. The van der Waals surface area contributed by atoms with Crippen molar-refractivity contribution < 1.29 is 9.59 Å². The van der Waals surface area contributed by atoms with E-state index in [2.05, 4.69) is 10.6 Å². The zero-order valence-corrected chi connectivity index (χ0v) is 14.1. The Kier molecular flexibility index (Phi) is 5.46. The third-order valence-corrected chi connectivity index (χ3v) is 4.55. The maximum atomic E-state index is 12.5. The van der Waals surface area contributed by atoms with Gasteiger partial charge in [-0.2, -0.15) is 0 Å². The van der Waals surface area contributed by atoms with E-state index in [1.807, 2.05) is 30.3 Å². The topological polar surface area (TPSA) is 84.2 Å².